The smallest absolute Gasteiger partial charge is 0.269 e. The van der Waals surface area contributed by atoms with E-state index in [0.29, 0.717) is 31.6 Å². The number of alkyl halides is 1. The zero-order valence-electron chi connectivity index (χ0n) is 12.4. The maximum Gasteiger partial charge on any atom is 0.269 e. The zero-order chi connectivity index (χ0) is 15.3. The van der Waals surface area contributed by atoms with Gasteiger partial charge in [-0.3, -0.25) is 9.59 Å². The SMILES string of the molecule is O=C(NC1CCC1)C1=NO[C@@H]2CN(C(=O)C3(F)CCC3)C[C@H]12. The van der Waals surface area contributed by atoms with Gasteiger partial charge in [0.2, 0.25) is 0 Å². The van der Waals surface area contributed by atoms with Crippen molar-refractivity contribution >= 4 is 17.5 Å². The van der Waals surface area contributed by atoms with Gasteiger partial charge < -0.3 is 15.1 Å². The van der Waals surface area contributed by atoms with Crippen molar-refractivity contribution in [3.63, 3.8) is 0 Å². The van der Waals surface area contributed by atoms with Gasteiger partial charge in [-0.2, -0.15) is 0 Å². The Morgan fingerprint density at radius 3 is 2.64 bits per heavy atom. The summed E-state index contributed by atoms with van der Waals surface area (Å²) in [5.74, 6) is -0.881. The molecule has 4 rings (SSSR count). The molecule has 0 aromatic rings. The number of carbonyl (C=O) groups excluding carboxylic acids is 2. The molecular formula is C15H20FN3O3. The molecule has 4 aliphatic rings. The topological polar surface area (TPSA) is 71.0 Å². The Balaban J connectivity index is 1.40. The van der Waals surface area contributed by atoms with Crippen molar-refractivity contribution in [3.05, 3.63) is 0 Å². The first kappa shape index (κ1) is 14.0. The molecule has 1 saturated heterocycles. The molecule has 6 nitrogen and oxygen atoms in total. The maximum atomic E-state index is 14.3. The van der Waals surface area contributed by atoms with E-state index in [9.17, 15) is 14.0 Å². The van der Waals surface area contributed by atoms with E-state index in [2.05, 4.69) is 10.5 Å². The van der Waals surface area contributed by atoms with Gasteiger partial charge in [0.1, 0.15) is 0 Å². The number of nitrogens with one attached hydrogen (secondary N) is 1. The van der Waals surface area contributed by atoms with Crippen molar-refractivity contribution in [2.24, 2.45) is 11.1 Å². The Kier molecular flexibility index (Phi) is 3.13. The molecule has 3 fully saturated rings. The van der Waals surface area contributed by atoms with Crippen LogP contribution in [0.15, 0.2) is 5.16 Å². The molecule has 0 aromatic heterocycles. The summed E-state index contributed by atoms with van der Waals surface area (Å²) in [4.78, 5) is 31.3. The van der Waals surface area contributed by atoms with Crippen molar-refractivity contribution in [3.8, 4) is 0 Å². The lowest BCUT2D eigenvalue weighted by Crippen LogP contribution is -2.50. The van der Waals surface area contributed by atoms with Crippen LogP contribution in [0.25, 0.3) is 0 Å². The molecule has 120 valence electrons. The van der Waals surface area contributed by atoms with Gasteiger partial charge in [0.15, 0.2) is 17.5 Å². The van der Waals surface area contributed by atoms with Crippen molar-refractivity contribution in [1.82, 2.24) is 10.2 Å². The molecule has 22 heavy (non-hydrogen) atoms. The summed E-state index contributed by atoms with van der Waals surface area (Å²) in [5, 5.41) is 6.83. The first-order valence-electron chi connectivity index (χ1n) is 8.10. The van der Waals surface area contributed by atoms with Crippen LogP contribution in [0.1, 0.15) is 38.5 Å². The molecule has 7 heteroatoms. The van der Waals surface area contributed by atoms with Gasteiger partial charge in [-0.1, -0.05) is 5.16 Å². The first-order chi connectivity index (χ1) is 10.6. The van der Waals surface area contributed by atoms with Crippen LogP contribution >= 0.6 is 0 Å². The van der Waals surface area contributed by atoms with Crippen LogP contribution in [0.3, 0.4) is 0 Å². The summed E-state index contributed by atoms with van der Waals surface area (Å²) in [6.45, 7) is 0.644. The Hall–Kier alpha value is -1.66. The summed E-state index contributed by atoms with van der Waals surface area (Å²) in [5.41, 5.74) is -1.34. The molecule has 2 amide bonds. The average Bonchev–Trinajstić information content (AvgIpc) is 2.98. The third kappa shape index (κ3) is 2.09. The average molecular weight is 309 g/mol. The van der Waals surface area contributed by atoms with E-state index < -0.39 is 11.6 Å². The van der Waals surface area contributed by atoms with Gasteiger partial charge in [0.25, 0.3) is 11.8 Å². The van der Waals surface area contributed by atoms with Crippen LogP contribution in [-0.4, -0.2) is 53.3 Å². The number of amides is 2. The monoisotopic (exact) mass is 309 g/mol. The van der Waals surface area contributed by atoms with Crippen LogP contribution < -0.4 is 5.32 Å². The van der Waals surface area contributed by atoms with E-state index in [4.69, 9.17) is 4.84 Å². The molecule has 0 radical (unpaired) electrons. The highest BCUT2D eigenvalue weighted by molar-refractivity contribution is 6.40. The van der Waals surface area contributed by atoms with Crippen LogP contribution in [0, 0.1) is 5.92 Å². The van der Waals surface area contributed by atoms with E-state index >= 15 is 0 Å². The minimum Gasteiger partial charge on any atom is -0.389 e. The molecule has 0 bridgehead atoms. The number of rotatable bonds is 3. The van der Waals surface area contributed by atoms with Crippen molar-refractivity contribution in [2.75, 3.05) is 13.1 Å². The van der Waals surface area contributed by atoms with Crippen molar-refractivity contribution < 1.29 is 18.8 Å². The molecule has 1 N–H and O–H groups in total. The number of fused-ring (bicyclic) bond motifs is 1. The van der Waals surface area contributed by atoms with Gasteiger partial charge >= 0.3 is 0 Å². The summed E-state index contributed by atoms with van der Waals surface area (Å²) in [7, 11) is 0. The number of hydrogen-bond donors (Lipinski definition) is 1. The fourth-order valence-electron chi connectivity index (χ4n) is 3.51. The number of likely N-dealkylation sites (tertiary alicyclic amines) is 1. The molecule has 2 atom stereocenters. The number of halogens is 1. The number of hydrogen-bond acceptors (Lipinski definition) is 4. The minimum absolute atomic E-state index is 0.204. The second kappa shape index (κ2) is 4.93. The molecular weight excluding hydrogens is 289 g/mol. The lowest BCUT2D eigenvalue weighted by Gasteiger charge is -2.35. The third-order valence-corrected chi connectivity index (χ3v) is 5.39. The lowest BCUT2D eigenvalue weighted by molar-refractivity contribution is -0.149. The highest BCUT2D eigenvalue weighted by Gasteiger charge is 2.53. The molecule has 2 aliphatic carbocycles. The minimum atomic E-state index is -1.69. The second-order valence-corrected chi connectivity index (χ2v) is 6.86. The molecule has 2 heterocycles. The number of nitrogens with zero attached hydrogens (tertiary/aromatic N) is 2. The summed E-state index contributed by atoms with van der Waals surface area (Å²) in [6, 6.07) is 0.234. The largest absolute Gasteiger partial charge is 0.389 e. The predicted molar refractivity (Wildman–Crippen MR) is 75.8 cm³/mol. The molecule has 2 aliphatic heterocycles. The van der Waals surface area contributed by atoms with Gasteiger partial charge in [-0.25, -0.2) is 4.39 Å². The van der Waals surface area contributed by atoms with E-state index in [1.807, 2.05) is 0 Å². The summed E-state index contributed by atoms with van der Waals surface area (Å²) in [6.07, 6.45) is 4.21. The Labute approximate surface area is 128 Å². The summed E-state index contributed by atoms with van der Waals surface area (Å²) >= 11 is 0. The highest BCUT2D eigenvalue weighted by atomic mass is 19.1. The third-order valence-electron chi connectivity index (χ3n) is 5.39. The Bertz CT molecular complexity index is 542. The van der Waals surface area contributed by atoms with Gasteiger partial charge in [0.05, 0.1) is 12.5 Å². The summed E-state index contributed by atoms with van der Waals surface area (Å²) < 4.78 is 14.3. The van der Waals surface area contributed by atoms with Gasteiger partial charge in [-0.15, -0.1) is 0 Å². The fourth-order valence-corrected chi connectivity index (χ4v) is 3.51. The van der Waals surface area contributed by atoms with Crippen LogP contribution in [0.2, 0.25) is 0 Å². The quantitative estimate of drug-likeness (QED) is 0.837. The predicted octanol–water partition coefficient (Wildman–Crippen LogP) is 0.760. The van der Waals surface area contributed by atoms with Gasteiger partial charge in [0, 0.05) is 12.6 Å². The Morgan fingerprint density at radius 1 is 1.27 bits per heavy atom. The fraction of sp³-hybridized carbons (Fsp3) is 0.800. The first-order valence-corrected chi connectivity index (χ1v) is 8.10. The van der Waals surface area contributed by atoms with E-state index in [1.165, 1.54) is 4.90 Å². The number of carbonyl (C=O) groups is 2. The Morgan fingerprint density at radius 2 is 2.05 bits per heavy atom. The zero-order valence-corrected chi connectivity index (χ0v) is 12.4. The standard InChI is InChI=1S/C15H20FN3O3/c16-15(5-2-6-15)14(21)19-7-10-11(8-19)22-18-12(10)13(20)17-9-3-1-4-9/h9-11H,1-8H2,(H,17,20)/t10-,11+/m0/s1. The van der Waals surface area contributed by atoms with Crippen LogP contribution in [-0.2, 0) is 14.4 Å². The van der Waals surface area contributed by atoms with Crippen molar-refractivity contribution in [2.45, 2.75) is 56.3 Å². The lowest BCUT2D eigenvalue weighted by atomic mass is 9.81. The number of oxime groups is 1. The van der Waals surface area contributed by atoms with E-state index in [1.54, 1.807) is 0 Å². The second-order valence-electron chi connectivity index (χ2n) is 6.86. The van der Waals surface area contributed by atoms with E-state index in [0.717, 1.165) is 25.7 Å². The molecule has 2 saturated carbocycles. The van der Waals surface area contributed by atoms with E-state index in [-0.39, 0.29) is 24.0 Å². The molecule has 0 spiro atoms. The van der Waals surface area contributed by atoms with Crippen LogP contribution in [0.5, 0.6) is 0 Å². The van der Waals surface area contributed by atoms with Crippen molar-refractivity contribution in [1.29, 1.82) is 0 Å². The molecule has 0 aromatic carbocycles. The molecule has 0 unspecified atom stereocenters. The normalized spacial score (nSPS) is 32.4. The van der Waals surface area contributed by atoms with Gasteiger partial charge in [-0.05, 0) is 38.5 Å². The maximum absolute atomic E-state index is 14.3. The van der Waals surface area contributed by atoms with Crippen LogP contribution in [0.4, 0.5) is 4.39 Å². The highest BCUT2D eigenvalue weighted by Crippen LogP contribution is 2.39.